The number of aromatic nitrogens is 1. The van der Waals surface area contributed by atoms with Crippen molar-refractivity contribution >= 4 is 0 Å². The minimum absolute atomic E-state index is 0.0652. The molecule has 2 aliphatic rings. The van der Waals surface area contributed by atoms with E-state index in [-0.39, 0.29) is 17.1 Å². The molecular weight excluding hydrogens is 278 g/mol. The molecule has 2 aromatic rings. The van der Waals surface area contributed by atoms with Crippen LogP contribution in [0, 0.1) is 5.41 Å². The van der Waals surface area contributed by atoms with Crippen LogP contribution in [0.15, 0.2) is 39.8 Å². The summed E-state index contributed by atoms with van der Waals surface area (Å²) in [6.07, 6.45) is 8.94. The van der Waals surface area contributed by atoms with E-state index in [0.29, 0.717) is 17.1 Å². The highest BCUT2D eigenvalue weighted by Crippen LogP contribution is 2.46. The highest BCUT2D eigenvalue weighted by atomic mass is 16.5. The van der Waals surface area contributed by atoms with E-state index < -0.39 is 0 Å². The second-order valence-corrected chi connectivity index (χ2v) is 6.67. The molecular formula is C18H19NO3. The third-order valence-corrected chi connectivity index (χ3v) is 5.05. The zero-order valence-electron chi connectivity index (χ0n) is 12.7. The highest BCUT2D eigenvalue weighted by molar-refractivity contribution is 5.58. The summed E-state index contributed by atoms with van der Waals surface area (Å²) in [7, 11) is 0. The van der Waals surface area contributed by atoms with Crippen molar-refractivity contribution < 1.29 is 9.15 Å². The van der Waals surface area contributed by atoms with Gasteiger partial charge in [-0.3, -0.25) is 4.98 Å². The van der Waals surface area contributed by atoms with Crippen LogP contribution in [0.4, 0.5) is 0 Å². The van der Waals surface area contributed by atoms with Gasteiger partial charge in [0.1, 0.15) is 17.6 Å². The van der Waals surface area contributed by atoms with E-state index in [1.54, 1.807) is 12.4 Å². The maximum absolute atomic E-state index is 12.4. The molecule has 22 heavy (non-hydrogen) atoms. The molecule has 0 bridgehead atoms. The largest absolute Gasteiger partial charge is 0.489 e. The van der Waals surface area contributed by atoms with Crippen molar-refractivity contribution in [2.75, 3.05) is 0 Å². The number of ether oxygens (including phenoxy) is 1. The fraction of sp³-hybridized carbons (Fsp3) is 0.444. The minimum atomic E-state index is -0.276. The lowest BCUT2D eigenvalue weighted by Crippen LogP contribution is -2.45. The van der Waals surface area contributed by atoms with Crippen LogP contribution in [0.5, 0.6) is 5.75 Å². The van der Waals surface area contributed by atoms with Gasteiger partial charge in [-0.05, 0) is 37.8 Å². The van der Waals surface area contributed by atoms with E-state index in [4.69, 9.17) is 9.15 Å². The molecule has 3 heterocycles. The molecule has 1 aliphatic heterocycles. The first kappa shape index (κ1) is 13.6. The Bertz CT molecular complexity index is 753. The normalized spacial score (nSPS) is 26.7. The summed E-state index contributed by atoms with van der Waals surface area (Å²) in [5.74, 6) is 1.22. The zero-order chi connectivity index (χ0) is 15.2. The van der Waals surface area contributed by atoms with Gasteiger partial charge in [0.25, 0.3) is 0 Å². The van der Waals surface area contributed by atoms with Crippen LogP contribution in [0.1, 0.15) is 38.2 Å². The lowest BCUT2D eigenvalue weighted by Gasteiger charge is -2.44. The smallest absolute Gasteiger partial charge is 0.343 e. The average Bonchev–Trinajstić information content (AvgIpc) is 2.54. The number of hydrogen-bond acceptors (Lipinski definition) is 4. The monoisotopic (exact) mass is 297 g/mol. The average molecular weight is 297 g/mol. The topological polar surface area (TPSA) is 52.3 Å². The van der Waals surface area contributed by atoms with E-state index in [0.717, 1.165) is 24.8 Å². The number of fused-ring (bicyclic) bond motifs is 2. The Balaban J connectivity index is 1.79. The van der Waals surface area contributed by atoms with Crippen LogP contribution in [-0.2, 0) is 6.42 Å². The summed E-state index contributed by atoms with van der Waals surface area (Å²) in [6.45, 7) is 2.23. The van der Waals surface area contributed by atoms with Gasteiger partial charge in [0, 0.05) is 29.4 Å². The van der Waals surface area contributed by atoms with E-state index in [2.05, 4.69) is 11.9 Å². The predicted octanol–water partition coefficient (Wildman–Crippen LogP) is 3.59. The van der Waals surface area contributed by atoms with Crippen LogP contribution in [0.2, 0.25) is 0 Å². The number of pyridine rings is 1. The standard InChI is InChI=1S/C18H19NO3/c1-18-7-3-2-6-16(18)21-15-9-14(12-5-4-8-19-11-12)22-17(20)13(15)10-18/h4-5,8-9,11,16H,2-3,6-7,10H2,1H3. The van der Waals surface area contributed by atoms with E-state index in [1.807, 2.05) is 18.2 Å². The van der Waals surface area contributed by atoms with Gasteiger partial charge in [0.15, 0.2) is 0 Å². The summed E-state index contributed by atoms with van der Waals surface area (Å²) in [4.78, 5) is 16.5. The van der Waals surface area contributed by atoms with Crippen LogP contribution < -0.4 is 10.4 Å². The molecule has 0 N–H and O–H groups in total. The Morgan fingerprint density at radius 2 is 2.27 bits per heavy atom. The molecule has 1 aliphatic carbocycles. The summed E-state index contributed by atoms with van der Waals surface area (Å²) >= 11 is 0. The SMILES string of the molecule is CC12CCCCC1Oc1cc(-c3cccnc3)oc(=O)c1C2. The van der Waals surface area contributed by atoms with Gasteiger partial charge >= 0.3 is 5.63 Å². The maximum atomic E-state index is 12.4. The molecule has 0 radical (unpaired) electrons. The van der Waals surface area contributed by atoms with Gasteiger partial charge in [-0.25, -0.2) is 4.79 Å². The molecule has 1 fully saturated rings. The number of rotatable bonds is 1. The van der Waals surface area contributed by atoms with Crippen molar-refractivity contribution in [2.24, 2.45) is 5.41 Å². The molecule has 4 rings (SSSR count). The molecule has 4 nitrogen and oxygen atoms in total. The van der Waals surface area contributed by atoms with E-state index in [1.165, 1.54) is 12.8 Å². The molecule has 0 amide bonds. The van der Waals surface area contributed by atoms with E-state index in [9.17, 15) is 4.79 Å². The predicted molar refractivity (Wildman–Crippen MR) is 82.9 cm³/mol. The van der Waals surface area contributed by atoms with Gasteiger partial charge in [0.05, 0.1) is 5.56 Å². The van der Waals surface area contributed by atoms with Gasteiger partial charge in [0.2, 0.25) is 0 Å². The summed E-state index contributed by atoms with van der Waals surface area (Å²) in [6, 6.07) is 5.56. The van der Waals surface area contributed by atoms with Crippen LogP contribution in [-0.4, -0.2) is 11.1 Å². The van der Waals surface area contributed by atoms with Crippen molar-refractivity contribution in [3.63, 3.8) is 0 Å². The van der Waals surface area contributed by atoms with E-state index >= 15 is 0 Å². The number of hydrogen-bond donors (Lipinski definition) is 0. The first-order chi connectivity index (χ1) is 10.7. The molecule has 1 saturated carbocycles. The molecule has 0 spiro atoms. The van der Waals surface area contributed by atoms with Crippen LogP contribution in [0.3, 0.4) is 0 Å². The van der Waals surface area contributed by atoms with Crippen LogP contribution in [0.25, 0.3) is 11.3 Å². The fourth-order valence-corrected chi connectivity index (χ4v) is 3.74. The Labute approximate surface area is 129 Å². The van der Waals surface area contributed by atoms with Gasteiger partial charge < -0.3 is 9.15 Å². The second kappa shape index (κ2) is 4.97. The first-order valence-electron chi connectivity index (χ1n) is 7.90. The quantitative estimate of drug-likeness (QED) is 0.807. The zero-order valence-corrected chi connectivity index (χ0v) is 12.7. The number of nitrogens with zero attached hydrogens (tertiary/aromatic N) is 1. The lowest BCUT2D eigenvalue weighted by molar-refractivity contribution is 0.00215. The molecule has 0 aromatic carbocycles. The minimum Gasteiger partial charge on any atom is -0.489 e. The fourth-order valence-electron chi connectivity index (χ4n) is 3.74. The third kappa shape index (κ3) is 2.14. The second-order valence-electron chi connectivity index (χ2n) is 6.67. The molecule has 2 atom stereocenters. The molecule has 2 aromatic heterocycles. The van der Waals surface area contributed by atoms with Gasteiger partial charge in [-0.2, -0.15) is 0 Å². The Morgan fingerprint density at radius 1 is 1.36 bits per heavy atom. The Kier molecular flexibility index (Phi) is 3.06. The van der Waals surface area contributed by atoms with Gasteiger partial charge in [-0.15, -0.1) is 0 Å². The van der Waals surface area contributed by atoms with Crippen molar-refractivity contribution in [3.8, 4) is 17.1 Å². The lowest BCUT2D eigenvalue weighted by atomic mass is 9.68. The van der Waals surface area contributed by atoms with Crippen molar-refractivity contribution in [3.05, 3.63) is 46.6 Å². The highest BCUT2D eigenvalue weighted by Gasteiger charge is 2.43. The van der Waals surface area contributed by atoms with Crippen molar-refractivity contribution in [1.29, 1.82) is 0 Å². The Morgan fingerprint density at radius 3 is 3.09 bits per heavy atom. The Hall–Kier alpha value is -2.10. The molecule has 114 valence electrons. The van der Waals surface area contributed by atoms with Gasteiger partial charge in [-0.1, -0.05) is 13.3 Å². The van der Waals surface area contributed by atoms with Crippen LogP contribution >= 0.6 is 0 Å². The molecule has 4 heteroatoms. The third-order valence-electron chi connectivity index (χ3n) is 5.05. The van der Waals surface area contributed by atoms with Crippen molar-refractivity contribution in [1.82, 2.24) is 4.98 Å². The molecule has 0 saturated heterocycles. The summed E-state index contributed by atoms with van der Waals surface area (Å²) in [5, 5.41) is 0. The first-order valence-corrected chi connectivity index (χ1v) is 7.90. The van der Waals surface area contributed by atoms with Crippen molar-refractivity contribution in [2.45, 2.75) is 45.1 Å². The summed E-state index contributed by atoms with van der Waals surface area (Å²) < 4.78 is 11.7. The summed E-state index contributed by atoms with van der Waals surface area (Å²) in [5.41, 5.74) is 1.27. The maximum Gasteiger partial charge on any atom is 0.343 e. The molecule has 2 unspecified atom stereocenters.